The van der Waals surface area contributed by atoms with E-state index in [1.165, 1.54) is 17.0 Å². The van der Waals surface area contributed by atoms with E-state index in [1.54, 1.807) is 11.8 Å². The van der Waals surface area contributed by atoms with E-state index >= 15 is 0 Å². The van der Waals surface area contributed by atoms with Crippen molar-refractivity contribution in [1.82, 2.24) is 4.90 Å². The van der Waals surface area contributed by atoms with E-state index in [0.29, 0.717) is 18.1 Å². The average Bonchev–Trinajstić information content (AvgIpc) is 2.46. The Labute approximate surface area is 135 Å². The number of carboxylic acids is 1. The summed E-state index contributed by atoms with van der Waals surface area (Å²) in [6.45, 7) is 0.417. The molecule has 0 aliphatic carbocycles. The normalized spacial score (nSPS) is 18.7. The Kier molecular flexibility index (Phi) is 5.56. The Morgan fingerprint density at radius 1 is 1.35 bits per heavy atom. The molecule has 0 saturated carbocycles. The molecule has 1 amide bonds. The van der Waals surface area contributed by atoms with E-state index in [1.807, 2.05) is 0 Å². The molecule has 1 aliphatic heterocycles. The number of halogens is 3. The highest BCUT2D eigenvalue weighted by molar-refractivity contribution is 7.99. The summed E-state index contributed by atoms with van der Waals surface area (Å²) in [6.07, 6.45) is -4.77. The van der Waals surface area contributed by atoms with Gasteiger partial charge in [0.2, 0.25) is 5.91 Å². The monoisotopic (exact) mass is 347 g/mol. The number of benzene rings is 1. The molecule has 1 heterocycles. The molecule has 1 saturated heterocycles. The molecule has 0 spiro atoms. The summed E-state index contributed by atoms with van der Waals surface area (Å²) in [6, 6.07) is 4.25. The van der Waals surface area contributed by atoms with Gasteiger partial charge in [-0.15, -0.1) is 0 Å². The maximum absolute atomic E-state index is 12.7. The Bertz CT molecular complexity index is 592. The highest BCUT2D eigenvalue weighted by Crippen LogP contribution is 2.30. The molecule has 1 fully saturated rings. The number of carboxylic acid groups (broad SMARTS) is 1. The minimum absolute atomic E-state index is 0.151. The second-order valence-electron chi connectivity index (χ2n) is 5.29. The van der Waals surface area contributed by atoms with Gasteiger partial charge in [-0.1, -0.05) is 18.2 Å². The second kappa shape index (κ2) is 7.25. The van der Waals surface area contributed by atoms with Crippen LogP contribution in [0.5, 0.6) is 0 Å². The first-order valence-electron chi connectivity index (χ1n) is 7.02. The van der Waals surface area contributed by atoms with Crippen LogP contribution in [0.1, 0.15) is 17.5 Å². The van der Waals surface area contributed by atoms with E-state index in [2.05, 4.69) is 0 Å². The van der Waals surface area contributed by atoms with Gasteiger partial charge in [-0.05, 0) is 11.6 Å². The number of amides is 1. The molecule has 23 heavy (non-hydrogen) atoms. The number of nitrogens with zero attached hydrogens (tertiary/aromatic N) is 1. The largest absolute Gasteiger partial charge is 0.481 e. The van der Waals surface area contributed by atoms with Crippen LogP contribution in [0.25, 0.3) is 0 Å². The molecule has 0 radical (unpaired) electrons. The number of thioether (sulfide) groups is 1. The molecule has 8 heteroatoms. The zero-order valence-corrected chi connectivity index (χ0v) is 13.0. The molecule has 0 aromatic heterocycles. The number of alkyl halides is 3. The van der Waals surface area contributed by atoms with E-state index in [0.717, 1.165) is 12.1 Å². The minimum Gasteiger partial charge on any atom is -0.481 e. The van der Waals surface area contributed by atoms with Crippen molar-refractivity contribution in [3.63, 3.8) is 0 Å². The summed E-state index contributed by atoms with van der Waals surface area (Å²) >= 11 is 1.57. The number of rotatable bonds is 4. The lowest BCUT2D eigenvalue weighted by atomic mass is 10.1. The van der Waals surface area contributed by atoms with Crippen LogP contribution in [0.4, 0.5) is 13.2 Å². The molecular formula is C15H16F3NO3S. The number of carbonyl (C=O) groups is 2. The molecule has 1 atom stereocenters. The smallest absolute Gasteiger partial charge is 0.416 e. The van der Waals surface area contributed by atoms with Crippen molar-refractivity contribution in [1.29, 1.82) is 0 Å². The van der Waals surface area contributed by atoms with Gasteiger partial charge in [-0.3, -0.25) is 9.59 Å². The van der Waals surface area contributed by atoms with Crippen molar-refractivity contribution in [3.05, 3.63) is 35.4 Å². The van der Waals surface area contributed by atoms with Crippen LogP contribution in [-0.2, 0) is 22.2 Å². The van der Waals surface area contributed by atoms with Crippen molar-refractivity contribution >= 4 is 23.6 Å². The molecule has 2 rings (SSSR count). The van der Waals surface area contributed by atoms with Gasteiger partial charge in [-0.25, -0.2) is 0 Å². The highest BCUT2D eigenvalue weighted by Gasteiger charge is 2.31. The molecule has 1 N–H and O–H groups in total. The molecular weight excluding hydrogens is 331 g/mol. The van der Waals surface area contributed by atoms with Gasteiger partial charge in [0.1, 0.15) is 0 Å². The molecule has 1 aromatic carbocycles. The van der Waals surface area contributed by atoms with Crippen LogP contribution in [0.3, 0.4) is 0 Å². The number of aliphatic carboxylic acids is 1. The fourth-order valence-electron chi connectivity index (χ4n) is 2.49. The Morgan fingerprint density at radius 2 is 2.09 bits per heavy atom. The summed E-state index contributed by atoms with van der Waals surface area (Å²) in [5, 5.41) is 8.91. The quantitative estimate of drug-likeness (QED) is 0.910. The lowest BCUT2D eigenvalue weighted by molar-refractivity contribution is -0.141. The summed E-state index contributed by atoms with van der Waals surface area (Å²) < 4.78 is 38.1. The molecule has 1 unspecified atom stereocenters. The van der Waals surface area contributed by atoms with E-state index in [9.17, 15) is 22.8 Å². The third kappa shape index (κ3) is 4.89. The van der Waals surface area contributed by atoms with E-state index in [4.69, 9.17) is 5.11 Å². The van der Waals surface area contributed by atoms with Gasteiger partial charge in [0, 0.05) is 18.1 Å². The predicted octanol–water partition coefficient (Wildman–Crippen LogP) is 2.67. The zero-order valence-electron chi connectivity index (χ0n) is 12.2. The summed E-state index contributed by atoms with van der Waals surface area (Å²) in [4.78, 5) is 24.7. The maximum atomic E-state index is 12.7. The van der Waals surface area contributed by atoms with Crippen LogP contribution in [-0.4, -0.2) is 46.0 Å². The molecule has 126 valence electrons. The Hall–Kier alpha value is -1.70. The van der Waals surface area contributed by atoms with Gasteiger partial charge in [0.25, 0.3) is 0 Å². The minimum atomic E-state index is -4.45. The van der Waals surface area contributed by atoms with Crippen LogP contribution in [0.2, 0.25) is 0 Å². The van der Waals surface area contributed by atoms with Gasteiger partial charge in [-0.2, -0.15) is 24.9 Å². The Balaban J connectivity index is 2.09. The van der Waals surface area contributed by atoms with Gasteiger partial charge >= 0.3 is 12.1 Å². The molecule has 1 aromatic rings. The van der Waals surface area contributed by atoms with Crippen LogP contribution in [0, 0.1) is 0 Å². The van der Waals surface area contributed by atoms with E-state index < -0.39 is 23.8 Å². The zero-order chi connectivity index (χ0) is 17.0. The first kappa shape index (κ1) is 17.7. The third-order valence-electron chi connectivity index (χ3n) is 3.57. The first-order chi connectivity index (χ1) is 10.8. The highest BCUT2D eigenvalue weighted by atomic mass is 32.2. The van der Waals surface area contributed by atoms with Crippen molar-refractivity contribution in [3.8, 4) is 0 Å². The summed E-state index contributed by atoms with van der Waals surface area (Å²) in [7, 11) is 0. The fourth-order valence-corrected chi connectivity index (χ4v) is 3.55. The number of hydrogen-bond acceptors (Lipinski definition) is 3. The van der Waals surface area contributed by atoms with Crippen molar-refractivity contribution in [2.24, 2.45) is 0 Å². The fraction of sp³-hybridized carbons (Fsp3) is 0.467. The maximum Gasteiger partial charge on any atom is 0.416 e. The summed E-state index contributed by atoms with van der Waals surface area (Å²) in [5.74, 6) is -0.101. The van der Waals surface area contributed by atoms with Crippen molar-refractivity contribution in [2.45, 2.75) is 25.1 Å². The van der Waals surface area contributed by atoms with Crippen molar-refractivity contribution < 1.29 is 27.9 Å². The summed E-state index contributed by atoms with van der Waals surface area (Å²) in [5.41, 5.74) is -0.517. The number of hydrogen-bond donors (Lipinski definition) is 1. The predicted molar refractivity (Wildman–Crippen MR) is 80.2 cm³/mol. The third-order valence-corrected chi connectivity index (χ3v) is 4.66. The van der Waals surface area contributed by atoms with Gasteiger partial charge in [0.15, 0.2) is 0 Å². The number of carbonyl (C=O) groups excluding carboxylic acids is 1. The van der Waals surface area contributed by atoms with Crippen LogP contribution >= 0.6 is 11.8 Å². The van der Waals surface area contributed by atoms with Crippen LogP contribution in [0.15, 0.2) is 24.3 Å². The Morgan fingerprint density at radius 3 is 2.74 bits per heavy atom. The van der Waals surface area contributed by atoms with Gasteiger partial charge < -0.3 is 10.0 Å². The van der Waals surface area contributed by atoms with Gasteiger partial charge in [0.05, 0.1) is 24.4 Å². The molecule has 4 nitrogen and oxygen atoms in total. The second-order valence-corrected chi connectivity index (χ2v) is 6.44. The lowest BCUT2D eigenvalue weighted by Crippen LogP contribution is -2.47. The first-order valence-corrected chi connectivity index (χ1v) is 8.18. The molecule has 0 bridgehead atoms. The van der Waals surface area contributed by atoms with E-state index in [-0.39, 0.29) is 24.3 Å². The average molecular weight is 347 g/mol. The molecule has 1 aliphatic rings. The topological polar surface area (TPSA) is 57.6 Å². The van der Waals surface area contributed by atoms with Crippen LogP contribution < -0.4 is 0 Å². The lowest BCUT2D eigenvalue weighted by Gasteiger charge is -2.34. The standard InChI is InChI=1S/C15H16F3NO3S/c16-15(17,18)11-3-1-2-10(6-11)7-13(20)19-4-5-23-9-12(19)8-14(21)22/h1-3,6,12H,4-5,7-9H2,(H,21,22). The SMILES string of the molecule is O=C(O)CC1CSCCN1C(=O)Cc1cccc(C(F)(F)F)c1. The van der Waals surface area contributed by atoms with Crippen molar-refractivity contribution in [2.75, 3.05) is 18.1 Å².